The van der Waals surface area contributed by atoms with Crippen LogP contribution in [0.5, 0.6) is 5.75 Å². The number of allylic oxidation sites excluding steroid dienone is 5. The zero-order valence-corrected chi connectivity index (χ0v) is 13.8. The first-order chi connectivity index (χ1) is 12.2. The van der Waals surface area contributed by atoms with E-state index in [0.717, 1.165) is 5.39 Å². The highest BCUT2D eigenvalue weighted by molar-refractivity contribution is 6.11. The Morgan fingerprint density at radius 3 is 2.68 bits per heavy atom. The maximum Gasteiger partial charge on any atom is 0.308 e. The van der Waals surface area contributed by atoms with Gasteiger partial charge in [0.25, 0.3) is 0 Å². The summed E-state index contributed by atoms with van der Waals surface area (Å²) in [5.41, 5.74) is 4.03. The van der Waals surface area contributed by atoms with Gasteiger partial charge in [0.1, 0.15) is 5.75 Å². The maximum atomic E-state index is 11.2. The Morgan fingerprint density at radius 2 is 1.80 bits per heavy atom. The number of esters is 1. The van der Waals surface area contributed by atoms with Crippen LogP contribution in [0, 0.1) is 0 Å². The van der Waals surface area contributed by atoms with Crippen LogP contribution < -0.4 is 4.74 Å². The maximum absolute atomic E-state index is 11.2. The van der Waals surface area contributed by atoms with E-state index in [4.69, 9.17) is 4.74 Å². The first kappa shape index (κ1) is 14.2. The van der Waals surface area contributed by atoms with E-state index in [2.05, 4.69) is 54.6 Å². The highest BCUT2D eigenvalue weighted by Crippen LogP contribution is 2.42. The summed E-state index contributed by atoms with van der Waals surface area (Å²) in [4.78, 5) is 11.2. The summed E-state index contributed by atoms with van der Waals surface area (Å²) >= 11 is 0. The Labute approximate surface area is 145 Å². The van der Waals surface area contributed by atoms with Gasteiger partial charge in [-0.2, -0.15) is 0 Å². The van der Waals surface area contributed by atoms with E-state index in [-0.39, 0.29) is 5.97 Å². The van der Waals surface area contributed by atoms with E-state index in [1.165, 1.54) is 39.8 Å². The zero-order valence-electron chi connectivity index (χ0n) is 13.8. The van der Waals surface area contributed by atoms with Crippen LogP contribution in [-0.2, 0) is 4.79 Å². The second-order valence-corrected chi connectivity index (χ2v) is 6.57. The summed E-state index contributed by atoms with van der Waals surface area (Å²) < 4.78 is 5.21. The summed E-state index contributed by atoms with van der Waals surface area (Å²) in [5, 5.41) is 4.74. The molecule has 0 fully saturated rings. The molecule has 0 radical (unpaired) electrons. The zero-order chi connectivity index (χ0) is 17.0. The van der Waals surface area contributed by atoms with Gasteiger partial charge in [-0.25, -0.2) is 0 Å². The van der Waals surface area contributed by atoms with Gasteiger partial charge in [-0.15, -0.1) is 0 Å². The molecule has 5 rings (SSSR count). The molecule has 0 N–H and O–H groups in total. The molecule has 2 nitrogen and oxygen atoms in total. The van der Waals surface area contributed by atoms with Gasteiger partial charge in [0.15, 0.2) is 0 Å². The van der Waals surface area contributed by atoms with Crippen molar-refractivity contribution in [3.8, 4) is 5.75 Å². The number of rotatable bonds is 1. The molecule has 0 bridgehead atoms. The van der Waals surface area contributed by atoms with Gasteiger partial charge in [0.2, 0.25) is 0 Å². The molecule has 0 heterocycles. The molecule has 0 saturated heterocycles. The molecule has 3 aromatic rings. The summed E-state index contributed by atoms with van der Waals surface area (Å²) in [6, 6.07) is 14.6. The van der Waals surface area contributed by atoms with Gasteiger partial charge < -0.3 is 4.74 Å². The van der Waals surface area contributed by atoms with Crippen molar-refractivity contribution in [2.24, 2.45) is 0 Å². The van der Waals surface area contributed by atoms with Crippen molar-refractivity contribution < 1.29 is 9.53 Å². The first-order valence-corrected chi connectivity index (χ1v) is 8.45. The largest absolute Gasteiger partial charge is 0.427 e. The van der Waals surface area contributed by atoms with E-state index in [1.54, 1.807) is 0 Å². The fourth-order valence-electron chi connectivity index (χ4n) is 3.97. The fourth-order valence-corrected chi connectivity index (χ4v) is 3.97. The second kappa shape index (κ2) is 5.18. The van der Waals surface area contributed by atoms with Gasteiger partial charge in [0, 0.05) is 12.8 Å². The number of ether oxygens (including phenoxy) is 1. The Balaban J connectivity index is 1.74. The number of benzene rings is 3. The Kier molecular flexibility index (Phi) is 2.95. The molecule has 0 spiro atoms. The number of carbonyl (C=O) groups excluding carboxylic acids is 1. The third kappa shape index (κ3) is 2.14. The third-order valence-electron chi connectivity index (χ3n) is 5.05. The van der Waals surface area contributed by atoms with Crippen molar-refractivity contribution in [1.29, 1.82) is 0 Å². The highest BCUT2D eigenvalue weighted by Gasteiger charge is 2.22. The predicted octanol–water partition coefficient (Wildman–Crippen LogP) is 5.52. The normalized spacial score (nSPS) is 17.5. The van der Waals surface area contributed by atoms with Crippen molar-refractivity contribution in [2.45, 2.75) is 12.8 Å². The molecule has 0 aromatic heterocycles. The van der Waals surface area contributed by atoms with Crippen LogP contribution in [0.25, 0.3) is 27.6 Å². The number of hydrogen-bond acceptors (Lipinski definition) is 2. The molecule has 1 atom stereocenters. The molecule has 2 aliphatic carbocycles. The third-order valence-corrected chi connectivity index (χ3v) is 5.05. The molecule has 2 aliphatic rings. The van der Waals surface area contributed by atoms with Crippen molar-refractivity contribution in [3.05, 3.63) is 83.5 Å². The van der Waals surface area contributed by atoms with Crippen LogP contribution in [-0.4, -0.2) is 5.97 Å². The van der Waals surface area contributed by atoms with Crippen LogP contribution in [0.2, 0.25) is 0 Å². The van der Waals surface area contributed by atoms with E-state index >= 15 is 0 Å². The smallest absolute Gasteiger partial charge is 0.308 e. The second-order valence-electron chi connectivity index (χ2n) is 6.57. The molecular weight excluding hydrogens is 308 g/mol. The van der Waals surface area contributed by atoms with Crippen molar-refractivity contribution in [3.63, 3.8) is 0 Å². The highest BCUT2D eigenvalue weighted by atomic mass is 16.5. The fraction of sp³-hybridized carbons (Fsp3) is 0.0870. The van der Waals surface area contributed by atoms with Crippen molar-refractivity contribution in [2.75, 3.05) is 0 Å². The quantitative estimate of drug-likeness (QED) is 0.334. The lowest BCUT2D eigenvalue weighted by Crippen LogP contribution is -2.03. The van der Waals surface area contributed by atoms with Crippen molar-refractivity contribution in [1.82, 2.24) is 0 Å². The van der Waals surface area contributed by atoms with Crippen LogP contribution in [0.4, 0.5) is 0 Å². The van der Waals surface area contributed by atoms with Crippen molar-refractivity contribution >= 4 is 33.6 Å². The Morgan fingerprint density at radius 1 is 0.960 bits per heavy atom. The number of hydrogen-bond donors (Lipinski definition) is 0. The molecule has 1 unspecified atom stereocenters. The number of fused-ring (bicyclic) bond motifs is 7. The number of carbonyl (C=O) groups is 1. The lowest BCUT2D eigenvalue weighted by molar-refractivity contribution is -0.131. The van der Waals surface area contributed by atoms with Crippen LogP contribution in [0.3, 0.4) is 0 Å². The van der Waals surface area contributed by atoms with Gasteiger partial charge in [0.05, 0.1) is 0 Å². The Hall–Kier alpha value is -3.13. The summed E-state index contributed by atoms with van der Waals surface area (Å²) in [6.07, 6.45) is 11.0. The summed E-state index contributed by atoms with van der Waals surface area (Å²) in [6.45, 7) is 1.42. The molecular formula is C23H16O2. The molecule has 0 aliphatic heterocycles. The molecule has 2 heteroatoms. The SMILES string of the molecule is CC(=O)Oc1ccc2c(ccc3c4c(ccc32)C2C=CC=C2C=C4)c1. The van der Waals surface area contributed by atoms with E-state index in [0.29, 0.717) is 11.7 Å². The average molecular weight is 324 g/mol. The molecule has 0 amide bonds. The van der Waals surface area contributed by atoms with E-state index < -0.39 is 0 Å². The molecule has 120 valence electrons. The summed E-state index contributed by atoms with van der Waals surface area (Å²) in [7, 11) is 0. The van der Waals surface area contributed by atoms with Crippen LogP contribution in [0.15, 0.2) is 72.3 Å². The summed E-state index contributed by atoms with van der Waals surface area (Å²) in [5.74, 6) is 0.669. The van der Waals surface area contributed by atoms with E-state index in [1.807, 2.05) is 18.2 Å². The van der Waals surface area contributed by atoms with Crippen LogP contribution in [0.1, 0.15) is 24.0 Å². The first-order valence-electron chi connectivity index (χ1n) is 8.45. The van der Waals surface area contributed by atoms with Gasteiger partial charge in [-0.1, -0.05) is 60.7 Å². The lowest BCUT2D eigenvalue weighted by Gasteiger charge is -2.21. The molecule has 0 saturated carbocycles. The molecule has 25 heavy (non-hydrogen) atoms. The van der Waals surface area contributed by atoms with Gasteiger partial charge in [-0.3, -0.25) is 4.79 Å². The van der Waals surface area contributed by atoms with E-state index in [9.17, 15) is 4.79 Å². The Bertz CT molecular complexity index is 1150. The minimum absolute atomic E-state index is 0.298. The minimum atomic E-state index is -0.298. The van der Waals surface area contributed by atoms with Crippen LogP contribution >= 0.6 is 0 Å². The minimum Gasteiger partial charge on any atom is -0.427 e. The average Bonchev–Trinajstić information content (AvgIpc) is 3.09. The monoisotopic (exact) mass is 324 g/mol. The topological polar surface area (TPSA) is 26.3 Å². The van der Waals surface area contributed by atoms with Gasteiger partial charge in [-0.05, 0) is 50.4 Å². The lowest BCUT2D eigenvalue weighted by atomic mass is 9.82. The standard InChI is InChI=1S/C23H16O2/c1-14(24)25-17-7-10-19-16(13-17)6-9-23-21(19)12-11-20-18-4-2-3-15(18)5-8-22(20)23/h2-13,18H,1H3. The molecule has 3 aromatic carbocycles. The predicted molar refractivity (Wildman–Crippen MR) is 102 cm³/mol. The van der Waals surface area contributed by atoms with Gasteiger partial charge >= 0.3 is 5.97 Å².